The van der Waals surface area contributed by atoms with Gasteiger partial charge < -0.3 is 9.47 Å². The van der Waals surface area contributed by atoms with Crippen LogP contribution < -0.4 is 15.0 Å². The van der Waals surface area contributed by atoms with E-state index in [2.05, 4.69) is 9.88 Å². The lowest BCUT2D eigenvalue weighted by Crippen LogP contribution is -2.54. The van der Waals surface area contributed by atoms with Crippen molar-refractivity contribution < 1.29 is 9.47 Å². The number of methoxy groups -OCH3 is 1. The molecule has 1 saturated carbocycles. The normalized spacial score (nSPS) is 16.2. The van der Waals surface area contributed by atoms with Crippen molar-refractivity contribution in [1.82, 2.24) is 14.5 Å². The Balaban J connectivity index is 0.00000241. The highest BCUT2D eigenvalue weighted by molar-refractivity contribution is 7.21. The molecule has 1 aliphatic heterocycles. The van der Waals surface area contributed by atoms with Crippen LogP contribution in [0.25, 0.3) is 26.5 Å². The Hall–Kier alpha value is -2.58. The van der Waals surface area contributed by atoms with Gasteiger partial charge in [-0.05, 0) is 43.2 Å². The number of ether oxygens (including phenoxy) is 2. The van der Waals surface area contributed by atoms with Crippen LogP contribution in [0.1, 0.15) is 12.8 Å². The highest BCUT2D eigenvalue weighted by Gasteiger charge is 2.39. The molecule has 1 saturated heterocycles. The van der Waals surface area contributed by atoms with Crippen molar-refractivity contribution in [3.05, 3.63) is 70.1 Å². The number of fused-ring (bicyclic) bond motifs is 1. The fourth-order valence-corrected chi connectivity index (χ4v) is 5.33. The van der Waals surface area contributed by atoms with Crippen LogP contribution in [0.15, 0.2) is 59.5 Å². The number of benzene rings is 2. The van der Waals surface area contributed by atoms with Crippen molar-refractivity contribution in [2.45, 2.75) is 25.0 Å². The van der Waals surface area contributed by atoms with E-state index < -0.39 is 0 Å². The van der Waals surface area contributed by atoms with Crippen LogP contribution in [0.5, 0.6) is 11.5 Å². The molecule has 0 unspecified atom stereocenters. The molecular formula is C25H23Cl2N3O3S. The first-order valence-electron chi connectivity index (χ1n) is 11.0. The molecule has 0 spiro atoms. The minimum atomic E-state index is -0.111. The molecule has 2 fully saturated rings. The number of thiazole rings is 1. The first kappa shape index (κ1) is 23.2. The van der Waals surface area contributed by atoms with Gasteiger partial charge in [-0.25, -0.2) is 4.98 Å². The molecular weight excluding hydrogens is 493 g/mol. The van der Waals surface area contributed by atoms with Gasteiger partial charge in [0.25, 0.3) is 5.56 Å². The van der Waals surface area contributed by atoms with Crippen LogP contribution in [0.2, 0.25) is 5.02 Å². The number of nitrogens with zero attached hydrogens (tertiary/aromatic N) is 3. The number of aromatic nitrogens is 2. The van der Waals surface area contributed by atoms with Crippen molar-refractivity contribution in [1.29, 1.82) is 0 Å². The molecule has 3 heterocycles. The van der Waals surface area contributed by atoms with E-state index in [0.29, 0.717) is 26.7 Å². The zero-order valence-electron chi connectivity index (χ0n) is 18.4. The maximum atomic E-state index is 13.3. The molecule has 9 heteroatoms. The summed E-state index contributed by atoms with van der Waals surface area (Å²) in [5.74, 6) is 1.33. The van der Waals surface area contributed by atoms with E-state index >= 15 is 0 Å². The summed E-state index contributed by atoms with van der Waals surface area (Å²) >= 11 is 7.38. The van der Waals surface area contributed by atoms with Crippen LogP contribution >= 0.6 is 35.3 Å². The van der Waals surface area contributed by atoms with Crippen molar-refractivity contribution in [2.75, 3.05) is 20.2 Å². The molecule has 2 aliphatic rings. The van der Waals surface area contributed by atoms with E-state index in [-0.39, 0.29) is 24.1 Å². The maximum Gasteiger partial charge on any atom is 0.274 e. The second kappa shape index (κ2) is 9.23. The quantitative estimate of drug-likeness (QED) is 0.343. The summed E-state index contributed by atoms with van der Waals surface area (Å²) < 4.78 is 14.0. The molecule has 0 atom stereocenters. The first-order valence-corrected chi connectivity index (χ1v) is 12.2. The Morgan fingerprint density at radius 2 is 1.82 bits per heavy atom. The summed E-state index contributed by atoms with van der Waals surface area (Å²) in [7, 11) is 1.62. The summed E-state index contributed by atoms with van der Waals surface area (Å²) in [6, 6.07) is 15.7. The SMILES string of the molecule is COc1cc(-n2ccc3nc(-c4ccc(Cl)cc4)sc3c2=O)ccc1OC1CN(C2CC2)C1.Cl. The predicted molar refractivity (Wildman–Crippen MR) is 138 cm³/mol. The van der Waals surface area contributed by atoms with Gasteiger partial charge in [0.15, 0.2) is 11.5 Å². The Kier molecular flexibility index (Phi) is 6.29. The molecule has 34 heavy (non-hydrogen) atoms. The van der Waals surface area contributed by atoms with Gasteiger partial charge in [-0.1, -0.05) is 23.7 Å². The van der Waals surface area contributed by atoms with Crippen molar-refractivity contribution in [3.63, 3.8) is 0 Å². The number of likely N-dealkylation sites (tertiary alicyclic amines) is 1. The van der Waals surface area contributed by atoms with E-state index in [0.717, 1.165) is 35.4 Å². The van der Waals surface area contributed by atoms with Crippen molar-refractivity contribution in [2.24, 2.45) is 0 Å². The molecule has 0 amide bonds. The number of hydrogen-bond acceptors (Lipinski definition) is 6. The highest BCUT2D eigenvalue weighted by Crippen LogP contribution is 2.35. The molecule has 1 aliphatic carbocycles. The number of rotatable bonds is 6. The molecule has 2 aromatic carbocycles. The topological polar surface area (TPSA) is 56.6 Å². The van der Waals surface area contributed by atoms with Crippen molar-refractivity contribution >= 4 is 45.6 Å². The van der Waals surface area contributed by atoms with Crippen LogP contribution in [-0.4, -0.2) is 46.8 Å². The van der Waals surface area contributed by atoms with Gasteiger partial charge in [0, 0.05) is 42.0 Å². The van der Waals surface area contributed by atoms with Gasteiger partial charge in [0.2, 0.25) is 0 Å². The highest BCUT2D eigenvalue weighted by atomic mass is 35.5. The van der Waals surface area contributed by atoms with Gasteiger partial charge in [0.1, 0.15) is 15.8 Å². The lowest BCUT2D eigenvalue weighted by molar-refractivity contribution is 0.0129. The fourth-order valence-electron chi connectivity index (χ4n) is 4.20. The van der Waals surface area contributed by atoms with Crippen LogP contribution in [0.4, 0.5) is 0 Å². The van der Waals surface area contributed by atoms with E-state index in [1.54, 1.807) is 17.9 Å². The number of halogens is 2. The lowest BCUT2D eigenvalue weighted by Gasteiger charge is -2.39. The number of pyridine rings is 1. The standard InChI is InChI=1S/C25H22ClN3O3S.ClH/c1-31-22-12-18(8-9-21(22)32-19-13-28(14-19)17-6-7-17)29-11-10-20-23(25(29)30)33-24(27-20)15-2-4-16(26)5-3-15;/h2-5,8-12,17,19H,6-7,13-14H2,1H3;1H. The average Bonchev–Trinajstić information content (AvgIpc) is 3.54. The third-order valence-electron chi connectivity index (χ3n) is 6.20. The molecule has 176 valence electrons. The molecule has 0 bridgehead atoms. The molecule has 6 rings (SSSR count). The van der Waals surface area contributed by atoms with E-state index in [4.69, 9.17) is 21.1 Å². The second-order valence-electron chi connectivity index (χ2n) is 8.49. The Bertz CT molecular complexity index is 1390. The molecule has 6 nitrogen and oxygen atoms in total. The first-order chi connectivity index (χ1) is 16.1. The summed E-state index contributed by atoms with van der Waals surface area (Å²) in [5, 5.41) is 1.46. The van der Waals surface area contributed by atoms with Gasteiger partial charge in [-0.2, -0.15) is 0 Å². The summed E-state index contributed by atoms with van der Waals surface area (Å²) in [5.41, 5.74) is 2.23. The van der Waals surface area contributed by atoms with Crippen LogP contribution in [-0.2, 0) is 0 Å². The maximum absolute atomic E-state index is 13.3. The van der Waals surface area contributed by atoms with E-state index in [9.17, 15) is 4.79 Å². The van der Waals surface area contributed by atoms with Gasteiger partial charge >= 0.3 is 0 Å². The van der Waals surface area contributed by atoms with Gasteiger partial charge in [0.05, 0.1) is 18.3 Å². The van der Waals surface area contributed by atoms with Crippen LogP contribution in [0, 0.1) is 0 Å². The van der Waals surface area contributed by atoms with Crippen molar-refractivity contribution in [3.8, 4) is 27.8 Å². The summed E-state index contributed by atoms with van der Waals surface area (Å²) in [6.45, 7) is 1.93. The summed E-state index contributed by atoms with van der Waals surface area (Å²) in [4.78, 5) is 20.4. The predicted octanol–water partition coefficient (Wildman–Crippen LogP) is 5.42. The molecule has 2 aromatic heterocycles. The number of hydrogen-bond donors (Lipinski definition) is 0. The molecule has 0 radical (unpaired) electrons. The summed E-state index contributed by atoms with van der Waals surface area (Å²) in [6.07, 6.45) is 4.56. The Morgan fingerprint density at radius 1 is 1.06 bits per heavy atom. The molecule has 4 aromatic rings. The van der Waals surface area contributed by atoms with E-state index in [1.807, 2.05) is 48.5 Å². The van der Waals surface area contributed by atoms with E-state index in [1.165, 1.54) is 24.2 Å². The lowest BCUT2D eigenvalue weighted by atomic mass is 10.1. The fraction of sp³-hybridized carbons (Fsp3) is 0.280. The van der Waals surface area contributed by atoms with Gasteiger partial charge in [-0.3, -0.25) is 14.3 Å². The smallest absolute Gasteiger partial charge is 0.274 e. The third kappa shape index (κ3) is 4.29. The third-order valence-corrected chi connectivity index (χ3v) is 7.56. The minimum absolute atomic E-state index is 0. The monoisotopic (exact) mass is 515 g/mol. The minimum Gasteiger partial charge on any atom is -0.493 e. The Labute approximate surface area is 212 Å². The average molecular weight is 516 g/mol. The molecule has 0 N–H and O–H groups in total. The Morgan fingerprint density at radius 3 is 2.53 bits per heavy atom. The van der Waals surface area contributed by atoms with Gasteiger partial charge in [-0.15, -0.1) is 23.7 Å². The zero-order chi connectivity index (χ0) is 22.5. The second-order valence-corrected chi connectivity index (χ2v) is 9.93. The largest absolute Gasteiger partial charge is 0.493 e. The van der Waals surface area contributed by atoms with Crippen LogP contribution in [0.3, 0.4) is 0 Å². The zero-order valence-corrected chi connectivity index (χ0v) is 20.8.